The maximum Gasteiger partial charge on any atom is 0.298 e. The fourth-order valence-electron chi connectivity index (χ4n) is 10.4. The zero-order valence-corrected chi connectivity index (χ0v) is 30.5. The molecule has 2 saturated heterocycles. The molecule has 10 nitrogen and oxygen atoms in total. The Bertz CT molecular complexity index is 2180. The SMILES string of the molecule is COc1ccc2c(c1)C1CC1(C(=O)N1CCC[C@@H]3CN(Cc4ccccc4)C[C@@H]31)Cn1c-2c(C2CCCCC2)c2ccc(C(=O)NS(N)(=O)=O)cc21. The maximum absolute atomic E-state index is 15.3. The van der Waals surface area contributed by atoms with Gasteiger partial charge in [-0.1, -0.05) is 55.7 Å². The van der Waals surface area contributed by atoms with E-state index in [9.17, 15) is 13.2 Å². The van der Waals surface area contributed by atoms with Gasteiger partial charge in [0.1, 0.15) is 5.75 Å². The Morgan fingerprint density at radius 1 is 0.962 bits per heavy atom. The van der Waals surface area contributed by atoms with Gasteiger partial charge in [-0.15, -0.1) is 0 Å². The number of rotatable bonds is 7. The van der Waals surface area contributed by atoms with Crippen LogP contribution in [0.25, 0.3) is 22.2 Å². The second kappa shape index (κ2) is 12.7. The zero-order valence-electron chi connectivity index (χ0n) is 29.7. The average Bonchev–Trinajstić information content (AvgIpc) is 3.63. The minimum Gasteiger partial charge on any atom is -0.497 e. The van der Waals surface area contributed by atoms with Gasteiger partial charge in [-0.2, -0.15) is 8.42 Å². The first-order valence-corrected chi connectivity index (χ1v) is 20.4. The van der Waals surface area contributed by atoms with E-state index >= 15 is 4.79 Å². The summed E-state index contributed by atoms with van der Waals surface area (Å²) in [5, 5.41) is 6.26. The monoisotopic (exact) mass is 721 g/mol. The van der Waals surface area contributed by atoms with E-state index in [0.29, 0.717) is 18.4 Å². The van der Waals surface area contributed by atoms with Crippen molar-refractivity contribution in [3.05, 3.63) is 89.0 Å². The third kappa shape index (κ3) is 5.72. The normalized spacial score (nSPS) is 25.8. The number of methoxy groups -OCH3 is 1. The molecule has 2 unspecified atom stereocenters. The lowest BCUT2D eigenvalue weighted by atomic mass is 9.81. The summed E-state index contributed by atoms with van der Waals surface area (Å²) in [4.78, 5) is 33.3. The van der Waals surface area contributed by atoms with Crippen LogP contribution in [0.15, 0.2) is 66.7 Å². The average molecular weight is 722 g/mol. The molecule has 0 spiro atoms. The molecule has 3 N–H and O–H groups in total. The molecule has 52 heavy (non-hydrogen) atoms. The van der Waals surface area contributed by atoms with Gasteiger partial charge in [0.2, 0.25) is 5.91 Å². The molecule has 3 aliphatic heterocycles. The van der Waals surface area contributed by atoms with Crippen LogP contribution in [0, 0.1) is 11.3 Å². The van der Waals surface area contributed by atoms with Crippen molar-refractivity contribution in [1.29, 1.82) is 0 Å². The molecule has 2 aliphatic carbocycles. The second-order valence-corrected chi connectivity index (χ2v) is 17.2. The quantitative estimate of drug-likeness (QED) is 0.245. The molecule has 0 radical (unpaired) electrons. The molecule has 3 aromatic carbocycles. The highest BCUT2D eigenvalue weighted by Crippen LogP contribution is 2.66. The van der Waals surface area contributed by atoms with E-state index in [0.717, 1.165) is 105 Å². The van der Waals surface area contributed by atoms with Crippen LogP contribution in [0.5, 0.6) is 5.75 Å². The zero-order chi connectivity index (χ0) is 35.8. The summed E-state index contributed by atoms with van der Waals surface area (Å²) in [6, 6.07) is 22.6. The predicted octanol–water partition coefficient (Wildman–Crippen LogP) is 5.91. The van der Waals surface area contributed by atoms with Crippen LogP contribution in [-0.4, -0.2) is 67.4 Å². The first-order valence-electron chi connectivity index (χ1n) is 18.9. The van der Waals surface area contributed by atoms with Gasteiger partial charge in [-0.05, 0) is 91.0 Å². The van der Waals surface area contributed by atoms with E-state index in [4.69, 9.17) is 9.88 Å². The van der Waals surface area contributed by atoms with Crippen LogP contribution in [-0.2, 0) is 28.1 Å². The number of nitrogens with one attached hydrogen (secondary N) is 1. The van der Waals surface area contributed by atoms with Crippen molar-refractivity contribution in [3.63, 3.8) is 0 Å². The molecular formula is C41H47N5O5S. The number of aromatic nitrogens is 1. The van der Waals surface area contributed by atoms with E-state index in [-0.39, 0.29) is 23.4 Å². The molecular weight excluding hydrogens is 675 g/mol. The smallest absolute Gasteiger partial charge is 0.298 e. The number of nitrogens with two attached hydrogens (primary N) is 1. The fourth-order valence-corrected chi connectivity index (χ4v) is 10.8. The minimum atomic E-state index is -4.24. The first-order chi connectivity index (χ1) is 25.1. The van der Waals surface area contributed by atoms with Gasteiger partial charge in [0.25, 0.3) is 16.1 Å². The van der Waals surface area contributed by atoms with Crippen LogP contribution >= 0.6 is 0 Å². The number of hydrogen-bond acceptors (Lipinski definition) is 6. The second-order valence-electron chi connectivity index (χ2n) is 15.9. The molecule has 2 amide bonds. The summed E-state index contributed by atoms with van der Waals surface area (Å²) in [6.07, 6.45) is 8.58. The van der Waals surface area contributed by atoms with Crippen molar-refractivity contribution in [2.24, 2.45) is 16.5 Å². The van der Waals surface area contributed by atoms with Crippen LogP contribution in [0.2, 0.25) is 0 Å². The largest absolute Gasteiger partial charge is 0.497 e. The van der Waals surface area contributed by atoms with E-state index in [1.54, 1.807) is 19.2 Å². The number of nitrogens with zero attached hydrogens (tertiary/aromatic N) is 3. The van der Waals surface area contributed by atoms with E-state index in [2.05, 4.69) is 56.8 Å². The third-order valence-corrected chi connectivity index (χ3v) is 13.3. The van der Waals surface area contributed by atoms with Gasteiger partial charge in [-0.3, -0.25) is 14.5 Å². The number of hydrogen-bond donors (Lipinski definition) is 2. The van der Waals surface area contributed by atoms with Crippen molar-refractivity contribution in [2.45, 2.75) is 82.3 Å². The van der Waals surface area contributed by atoms with Gasteiger partial charge >= 0.3 is 0 Å². The Morgan fingerprint density at radius 2 is 1.77 bits per heavy atom. The molecule has 4 fully saturated rings. The number of piperidine rings is 1. The summed E-state index contributed by atoms with van der Waals surface area (Å²) in [5.41, 5.74) is 6.39. The van der Waals surface area contributed by atoms with Crippen molar-refractivity contribution in [1.82, 2.24) is 19.1 Å². The Labute approximate surface area is 305 Å². The van der Waals surface area contributed by atoms with Crippen LogP contribution < -0.4 is 14.6 Å². The lowest BCUT2D eigenvalue weighted by Crippen LogP contribution is -2.52. The van der Waals surface area contributed by atoms with Crippen molar-refractivity contribution >= 4 is 32.9 Å². The Balaban J connectivity index is 1.16. The van der Waals surface area contributed by atoms with Crippen molar-refractivity contribution < 1.29 is 22.7 Å². The third-order valence-electron chi connectivity index (χ3n) is 12.8. The van der Waals surface area contributed by atoms with Gasteiger partial charge < -0.3 is 14.2 Å². The molecule has 0 bridgehead atoms. The lowest BCUT2D eigenvalue weighted by Gasteiger charge is -2.39. The number of likely N-dealkylation sites (tertiary alicyclic amines) is 2. The standard InChI is InChI=1S/C41H47N5O5S/c1-51-30-15-17-31-33(20-30)34-21-41(34,40(48)45-18-8-13-29-23-44(24-36(29)45)22-26-9-4-2-5-10-26)25-46-35-19-28(39(47)43-52(42,49)50)14-16-32(35)37(38(31)46)27-11-6-3-7-12-27/h2,4-5,9-10,14-17,19-20,27,29,34,36H,3,6-8,11-13,18,21-25H2,1H3,(H,43,47)(H2,42,49,50)/t29-,34?,36+,41?/m1/s1. The highest BCUT2D eigenvalue weighted by atomic mass is 32.2. The number of amides is 2. The molecule has 2 saturated carbocycles. The molecule has 11 heteroatoms. The highest BCUT2D eigenvalue weighted by Gasteiger charge is 2.65. The van der Waals surface area contributed by atoms with Crippen molar-refractivity contribution in [3.8, 4) is 17.0 Å². The molecule has 5 aliphatic rings. The van der Waals surface area contributed by atoms with Gasteiger partial charge in [0, 0.05) is 66.7 Å². The highest BCUT2D eigenvalue weighted by molar-refractivity contribution is 7.87. The number of fused-ring (bicyclic) bond motifs is 8. The Hall–Kier alpha value is -4.19. The Kier molecular flexibility index (Phi) is 8.24. The number of ether oxygens (including phenoxy) is 1. The predicted molar refractivity (Wildman–Crippen MR) is 200 cm³/mol. The fraction of sp³-hybridized carbons (Fsp3) is 0.463. The maximum atomic E-state index is 15.3. The Morgan fingerprint density at radius 3 is 2.54 bits per heavy atom. The molecule has 272 valence electrons. The molecule has 4 atom stereocenters. The van der Waals surface area contributed by atoms with Gasteiger partial charge in [0.05, 0.1) is 18.2 Å². The minimum absolute atomic E-state index is 0.0373. The summed E-state index contributed by atoms with van der Waals surface area (Å²) in [6.45, 7) is 4.03. The van der Waals surface area contributed by atoms with Crippen LogP contribution in [0.4, 0.5) is 0 Å². The van der Waals surface area contributed by atoms with Gasteiger partial charge in [-0.25, -0.2) is 9.86 Å². The summed E-state index contributed by atoms with van der Waals surface area (Å²) >= 11 is 0. The van der Waals surface area contributed by atoms with Crippen molar-refractivity contribution in [2.75, 3.05) is 26.7 Å². The number of carbonyl (C=O) groups excluding carboxylic acids is 2. The van der Waals surface area contributed by atoms with E-state index < -0.39 is 21.5 Å². The number of carbonyl (C=O) groups is 2. The summed E-state index contributed by atoms with van der Waals surface area (Å²) in [7, 11) is -2.55. The molecule has 4 aromatic rings. The molecule has 4 heterocycles. The van der Waals surface area contributed by atoms with Crippen LogP contribution in [0.3, 0.4) is 0 Å². The van der Waals surface area contributed by atoms with E-state index in [1.807, 2.05) is 16.9 Å². The first kappa shape index (κ1) is 33.6. The van der Waals surface area contributed by atoms with Gasteiger partial charge in [0.15, 0.2) is 0 Å². The topological polar surface area (TPSA) is 127 Å². The summed E-state index contributed by atoms with van der Waals surface area (Å²) < 4.78 is 33.7. The molecule has 9 rings (SSSR count). The summed E-state index contributed by atoms with van der Waals surface area (Å²) in [5.74, 6) is 1.07. The molecule has 1 aromatic heterocycles. The number of benzene rings is 3. The lowest BCUT2D eigenvalue weighted by molar-refractivity contribution is -0.142. The van der Waals surface area contributed by atoms with Crippen LogP contribution in [0.1, 0.15) is 90.3 Å². The van der Waals surface area contributed by atoms with E-state index in [1.165, 1.54) is 17.5 Å².